The Hall–Kier alpha value is -1.89. The van der Waals surface area contributed by atoms with Crippen molar-refractivity contribution < 1.29 is 9.90 Å². The molecule has 0 aliphatic rings. The number of hydrogen-bond acceptors (Lipinski definition) is 4. The van der Waals surface area contributed by atoms with Crippen LogP contribution in [0, 0.1) is 0 Å². The molecule has 1 aromatic heterocycles. The van der Waals surface area contributed by atoms with Crippen LogP contribution >= 0.6 is 15.9 Å². The van der Waals surface area contributed by atoms with Gasteiger partial charge in [-0.2, -0.15) is 15.4 Å². The lowest BCUT2D eigenvalue weighted by molar-refractivity contribution is 0.0996. The number of aromatic hydroxyl groups is 1. The second kappa shape index (κ2) is 4.90. The van der Waals surface area contributed by atoms with Gasteiger partial charge in [-0.05, 0) is 39.0 Å². The summed E-state index contributed by atoms with van der Waals surface area (Å²) in [6, 6.07) is 3.62. The van der Waals surface area contributed by atoms with Gasteiger partial charge in [-0.15, -0.1) is 0 Å². The molecule has 106 valence electrons. The molecule has 1 heterocycles. The normalized spacial score (nSPS) is 11.6. The van der Waals surface area contributed by atoms with Crippen molar-refractivity contribution in [3.63, 3.8) is 0 Å². The first-order valence-corrected chi connectivity index (χ1v) is 6.75. The van der Waals surface area contributed by atoms with Crippen molar-refractivity contribution in [2.24, 2.45) is 5.73 Å². The minimum atomic E-state index is -0.703. The summed E-state index contributed by atoms with van der Waals surface area (Å²) in [5, 5.41) is 20.2. The number of phenols is 1. The van der Waals surface area contributed by atoms with Crippen LogP contribution in [0.3, 0.4) is 0 Å². The number of carbonyl (C=O) groups excluding carboxylic acids is 1. The van der Waals surface area contributed by atoms with Crippen molar-refractivity contribution in [3.8, 4) is 17.0 Å². The maximum atomic E-state index is 11.3. The number of halogens is 1. The van der Waals surface area contributed by atoms with E-state index in [9.17, 15) is 9.90 Å². The van der Waals surface area contributed by atoms with Crippen molar-refractivity contribution >= 4 is 21.8 Å². The van der Waals surface area contributed by atoms with E-state index in [0.717, 1.165) is 5.56 Å². The first-order valence-electron chi connectivity index (χ1n) is 5.95. The van der Waals surface area contributed by atoms with E-state index in [0.29, 0.717) is 10.0 Å². The van der Waals surface area contributed by atoms with Gasteiger partial charge in [-0.1, -0.05) is 20.8 Å². The van der Waals surface area contributed by atoms with Crippen LogP contribution in [0.25, 0.3) is 11.3 Å². The Morgan fingerprint density at radius 2 is 2.00 bits per heavy atom. The minimum Gasteiger partial charge on any atom is -0.506 e. The average Bonchev–Trinajstić information content (AvgIpc) is 2.80. The molecule has 0 fully saturated rings. The number of carbonyl (C=O) groups is 1. The molecule has 0 aliphatic heterocycles. The van der Waals surface area contributed by atoms with Crippen molar-refractivity contribution in [1.82, 2.24) is 15.4 Å². The van der Waals surface area contributed by atoms with Crippen molar-refractivity contribution in [2.45, 2.75) is 26.2 Å². The molecule has 0 radical (unpaired) electrons. The number of H-pyrrole nitrogens is 1. The molecule has 0 atom stereocenters. The number of rotatable bonds is 2. The van der Waals surface area contributed by atoms with Gasteiger partial charge in [-0.25, -0.2) is 0 Å². The van der Waals surface area contributed by atoms with Crippen LogP contribution in [0.4, 0.5) is 0 Å². The topological polar surface area (TPSA) is 105 Å². The Morgan fingerprint density at radius 3 is 2.55 bits per heavy atom. The molecule has 0 aliphatic carbocycles. The largest absolute Gasteiger partial charge is 0.506 e. The van der Waals surface area contributed by atoms with Crippen LogP contribution < -0.4 is 5.73 Å². The van der Waals surface area contributed by atoms with E-state index in [4.69, 9.17) is 5.73 Å². The van der Waals surface area contributed by atoms with Crippen LogP contribution in [-0.2, 0) is 5.41 Å². The number of benzene rings is 1. The Labute approximate surface area is 124 Å². The molecule has 6 nitrogen and oxygen atoms in total. The van der Waals surface area contributed by atoms with Gasteiger partial charge in [0.25, 0.3) is 5.91 Å². The zero-order valence-corrected chi connectivity index (χ0v) is 12.9. The summed E-state index contributed by atoms with van der Waals surface area (Å²) >= 11 is 3.31. The van der Waals surface area contributed by atoms with Gasteiger partial charge in [0.05, 0.1) is 4.47 Å². The highest BCUT2D eigenvalue weighted by Gasteiger charge is 2.23. The first kappa shape index (κ1) is 14.5. The molecule has 0 unspecified atom stereocenters. The third kappa shape index (κ3) is 2.53. The van der Waals surface area contributed by atoms with Gasteiger partial charge in [0.1, 0.15) is 11.4 Å². The highest BCUT2D eigenvalue weighted by Crippen LogP contribution is 2.39. The maximum Gasteiger partial charge on any atom is 0.271 e. The van der Waals surface area contributed by atoms with E-state index in [1.165, 1.54) is 0 Å². The zero-order chi connectivity index (χ0) is 15.1. The van der Waals surface area contributed by atoms with Gasteiger partial charge in [0.2, 0.25) is 0 Å². The molecule has 2 aromatic rings. The predicted molar refractivity (Wildman–Crippen MR) is 78.4 cm³/mol. The number of aromatic nitrogens is 3. The smallest absolute Gasteiger partial charge is 0.271 e. The number of phenolic OH excluding ortho intramolecular Hbond substituents is 1. The fourth-order valence-electron chi connectivity index (χ4n) is 1.80. The van der Waals surface area contributed by atoms with Gasteiger partial charge in [-0.3, -0.25) is 4.79 Å². The molecular weight excluding hydrogens is 324 g/mol. The third-order valence-electron chi connectivity index (χ3n) is 2.97. The van der Waals surface area contributed by atoms with Gasteiger partial charge < -0.3 is 10.8 Å². The quantitative estimate of drug-likeness (QED) is 0.781. The summed E-state index contributed by atoms with van der Waals surface area (Å²) < 4.78 is 0.526. The number of hydrogen-bond donors (Lipinski definition) is 3. The zero-order valence-electron chi connectivity index (χ0n) is 11.4. The summed E-state index contributed by atoms with van der Waals surface area (Å²) in [4.78, 5) is 11.3. The molecule has 1 aromatic carbocycles. The SMILES string of the molecule is CC(C)(C)c1cc(Br)c(O)c(-c2n[nH]nc2C(N)=O)c1. The number of aromatic amines is 1. The van der Waals surface area contributed by atoms with E-state index in [1.807, 2.05) is 26.8 Å². The van der Waals surface area contributed by atoms with E-state index in [2.05, 4.69) is 31.3 Å². The second-order valence-electron chi connectivity index (χ2n) is 5.49. The molecule has 20 heavy (non-hydrogen) atoms. The van der Waals surface area contributed by atoms with Crippen molar-refractivity contribution in [2.75, 3.05) is 0 Å². The Kier molecular flexibility index (Phi) is 3.56. The average molecular weight is 339 g/mol. The first-order chi connectivity index (χ1) is 9.21. The molecule has 2 rings (SSSR count). The van der Waals surface area contributed by atoms with Crippen LogP contribution in [0.5, 0.6) is 5.75 Å². The third-order valence-corrected chi connectivity index (χ3v) is 3.57. The molecule has 0 bridgehead atoms. The van der Waals surface area contributed by atoms with E-state index in [1.54, 1.807) is 6.07 Å². The minimum absolute atomic E-state index is 0.00161. The molecule has 0 saturated heterocycles. The summed E-state index contributed by atoms with van der Waals surface area (Å²) in [7, 11) is 0. The second-order valence-corrected chi connectivity index (χ2v) is 6.34. The highest BCUT2D eigenvalue weighted by atomic mass is 79.9. The highest BCUT2D eigenvalue weighted by molar-refractivity contribution is 9.10. The number of amides is 1. The number of nitrogens with two attached hydrogens (primary N) is 1. The lowest BCUT2D eigenvalue weighted by atomic mass is 9.85. The monoisotopic (exact) mass is 338 g/mol. The molecule has 4 N–H and O–H groups in total. The van der Waals surface area contributed by atoms with Crippen LogP contribution in [0.15, 0.2) is 16.6 Å². The number of nitrogens with one attached hydrogen (secondary N) is 1. The number of nitrogens with zero attached hydrogens (tertiary/aromatic N) is 2. The Bertz CT molecular complexity index is 673. The maximum absolute atomic E-state index is 11.3. The lowest BCUT2D eigenvalue weighted by Gasteiger charge is -2.21. The Balaban J connectivity index is 2.70. The van der Waals surface area contributed by atoms with E-state index >= 15 is 0 Å². The fourth-order valence-corrected chi connectivity index (χ4v) is 2.26. The summed E-state index contributed by atoms with van der Waals surface area (Å²) in [6.45, 7) is 6.15. The Morgan fingerprint density at radius 1 is 1.35 bits per heavy atom. The van der Waals surface area contributed by atoms with E-state index in [-0.39, 0.29) is 22.6 Å². The summed E-state index contributed by atoms with van der Waals surface area (Å²) in [6.07, 6.45) is 0. The standard InChI is InChI=1S/C13H15BrN4O2/c1-13(2,3)6-4-7(11(19)8(14)5-6)9-10(12(15)20)17-18-16-9/h4-5,19H,1-3H3,(H2,15,20)(H,16,17,18). The lowest BCUT2D eigenvalue weighted by Crippen LogP contribution is -2.14. The van der Waals surface area contributed by atoms with Crippen LogP contribution in [0.2, 0.25) is 0 Å². The van der Waals surface area contributed by atoms with Gasteiger partial charge >= 0.3 is 0 Å². The summed E-state index contributed by atoms with van der Waals surface area (Å²) in [5.74, 6) is -0.708. The molecule has 0 saturated carbocycles. The fraction of sp³-hybridized carbons (Fsp3) is 0.308. The molecule has 0 spiro atoms. The van der Waals surface area contributed by atoms with E-state index < -0.39 is 5.91 Å². The van der Waals surface area contributed by atoms with Crippen molar-refractivity contribution in [3.05, 3.63) is 27.9 Å². The van der Waals surface area contributed by atoms with Crippen molar-refractivity contribution in [1.29, 1.82) is 0 Å². The van der Waals surface area contributed by atoms with Gasteiger partial charge in [0, 0.05) is 5.56 Å². The van der Waals surface area contributed by atoms with Crippen LogP contribution in [-0.4, -0.2) is 26.4 Å². The predicted octanol–water partition coefficient (Wildman–Crippen LogP) is 2.34. The molecule has 1 amide bonds. The number of primary amides is 1. The van der Waals surface area contributed by atoms with Gasteiger partial charge in [0.15, 0.2) is 5.69 Å². The molecule has 7 heteroatoms. The summed E-state index contributed by atoms with van der Waals surface area (Å²) in [5.41, 5.74) is 6.76. The molecular formula is C13H15BrN4O2. The van der Waals surface area contributed by atoms with Crippen LogP contribution in [0.1, 0.15) is 36.8 Å².